The van der Waals surface area contributed by atoms with Gasteiger partial charge in [-0.05, 0) is 45.0 Å². The molecule has 0 aliphatic carbocycles. The highest BCUT2D eigenvalue weighted by Gasteiger charge is 2.30. The van der Waals surface area contributed by atoms with Gasteiger partial charge in [0, 0.05) is 0 Å². The number of anilines is 1. The fraction of sp³-hybridized carbons (Fsp3) is 0.389. The van der Waals surface area contributed by atoms with Gasteiger partial charge in [0.1, 0.15) is 17.7 Å². The van der Waals surface area contributed by atoms with Gasteiger partial charge in [-0.25, -0.2) is 4.68 Å². The molecule has 0 bridgehead atoms. The SMILES string of the molecule is CC(C)(C)n1ncc2c(=O)[nH]c(NCCOc3ccc(C(F)(F)F)cc3)nc21. The highest BCUT2D eigenvalue weighted by Crippen LogP contribution is 2.30. The standard InChI is InChI=1S/C18H20F3N5O2/c1-17(2,3)26-14-13(10-23-26)15(27)25-16(24-14)22-8-9-28-12-6-4-11(5-7-12)18(19,20)21/h4-7,10H,8-9H2,1-3H3,(H2,22,24,25,27). The van der Waals surface area contributed by atoms with Gasteiger partial charge in [0.2, 0.25) is 5.95 Å². The monoisotopic (exact) mass is 395 g/mol. The van der Waals surface area contributed by atoms with E-state index in [1.54, 1.807) is 4.68 Å². The number of aromatic nitrogens is 4. The van der Waals surface area contributed by atoms with E-state index < -0.39 is 11.7 Å². The van der Waals surface area contributed by atoms with E-state index in [4.69, 9.17) is 4.74 Å². The summed E-state index contributed by atoms with van der Waals surface area (Å²) in [5.41, 5.74) is -0.927. The third kappa shape index (κ3) is 4.26. The summed E-state index contributed by atoms with van der Waals surface area (Å²) in [4.78, 5) is 19.2. The number of fused-ring (bicyclic) bond motifs is 1. The van der Waals surface area contributed by atoms with Crippen molar-refractivity contribution in [1.29, 1.82) is 0 Å². The summed E-state index contributed by atoms with van der Waals surface area (Å²) in [7, 11) is 0. The molecule has 7 nitrogen and oxygen atoms in total. The maximum absolute atomic E-state index is 12.5. The first-order valence-electron chi connectivity index (χ1n) is 8.58. The lowest BCUT2D eigenvalue weighted by molar-refractivity contribution is -0.137. The first kappa shape index (κ1) is 19.7. The van der Waals surface area contributed by atoms with Crippen LogP contribution >= 0.6 is 0 Å². The molecule has 2 aromatic heterocycles. The Hall–Kier alpha value is -3.04. The maximum Gasteiger partial charge on any atom is 0.416 e. The summed E-state index contributed by atoms with van der Waals surface area (Å²) in [5.74, 6) is 0.581. The molecule has 28 heavy (non-hydrogen) atoms. The minimum atomic E-state index is -4.38. The molecule has 3 rings (SSSR count). The maximum atomic E-state index is 12.5. The van der Waals surface area contributed by atoms with E-state index in [1.165, 1.54) is 18.3 Å². The first-order valence-corrected chi connectivity index (χ1v) is 8.58. The predicted octanol–water partition coefficient (Wildman–Crippen LogP) is 3.38. The Morgan fingerprint density at radius 1 is 1.18 bits per heavy atom. The lowest BCUT2D eigenvalue weighted by atomic mass is 10.1. The van der Waals surface area contributed by atoms with Crippen molar-refractivity contribution in [2.75, 3.05) is 18.5 Å². The van der Waals surface area contributed by atoms with Crippen molar-refractivity contribution in [3.8, 4) is 5.75 Å². The van der Waals surface area contributed by atoms with Crippen LogP contribution in [0.25, 0.3) is 11.0 Å². The van der Waals surface area contributed by atoms with Gasteiger partial charge < -0.3 is 10.1 Å². The van der Waals surface area contributed by atoms with Gasteiger partial charge in [0.15, 0.2) is 5.65 Å². The minimum Gasteiger partial charge on any atom is -0.492 e. The average molecular weight is 395 g/mol. The third-order valence-corrected chi connectivity index (χ3v) is 3.92. The second-order valence-corrected chi connectivity index (χ2v) is 7.18. The van der Waals surface area contributed by atoms with E-state index >= 15 is 0 Å². The van der Waals surface area contributed by atoms with Crippen molar-refractivity contribution in [3.63, 3.8) is 0 Å². The van der Waals surface area contributed by atoms with E-state index in [0.717, 1.165) is 12.1 Å². The molecular formula is C18H20F3N5O2. The summed E-state index contributed by atoms with van der Waals surface area (Å²) in [6.07, 6.45) is -2.90. The summed E-state index contributed by atoms with van der Waals surface area (Å²) >= 11 is 0. The average Bonchev–Trinajstić information content (AvgIpc) is 3.03. The molecule has 0 spiro atoms. The van der Waals surface area contributed by atoms with Gasteiger partial charge in [0.05, 0.1) is 23.8 Å². The number of nitrogens with zero attached hydrogens (tertiary/aromatic N) is 3. The zero-order valence-electron chi connectivity index (χ0n) is 15.6. The highest BCUT2D eigenvalue weighted by atomic mass is 19.4. The van der Waals surface area contributed by atoms with Gasteiger partial charge in [-0.1, -0.05) is 0 Å². The zero-order chi connectivity index (χ0) is 20.5. The quantitative estimate of drug-likeness (QED) is 0.647. The summed E-state index contributed by atoms with van der Waals surface area (Å²) in [5, 5.41) is 7.56. The molecule has 0 aliphatic rings. The van der Waals surface area contributed by atoms with Gasteiger partial charge in [-0.3, -0.25) is 9.78 Å². The fourth-order valence-corrected chi connectivity index (χ4v) is 2.57. The van der Waals surface area contributed by atoms with Crippen molar-refractivity contribution in [2.24, 2.45) is 0 Å². The van der Waals surface area contributed by atoms with Gasteiger partial charge in [0.25, 0.3) is 5.56 Å². The number of hydrogen-bond donors (Lipinski definition) is 2. The van der Waals surface area contributed by atoms with Crippen molar-refractivity contribution in [1.82, 2.24) is 19.7 Å². The molecule has 150 valence electrons. The molecule has 0 fully saturated rings. The molecule has 3 aromatic rings. The van der Waals surface area contributed by atoms with Crippen LogP contribution in [0, 0.1) is 0 Å². The minimum absolute atomic E-state index is 0.172. The molecule has 0 saturated heterocycles. The smallest absolute Gasteiger partial charge is 0.416 e. The Morgan fingerprint density at radius 3 is 2.46 bits per heavy atom. The number of ether oxygens (including phenoxy) is 1. The second-order valence-electron chi connectivity index (χ2n) is 7.18. The number of halogens is 3. The van der Waals surface area contributed by atoms with Crippen molar-refractivity contribution < 1.29 is 17.9 Å². The third-order valence-electron chi connectivity index (χ3n) is 3.92. The van der Waals surface area contributed by atoms with Crippen molar-refractivity contribution in [2.45, 2.75) is 32.5 Å². The van der Waals surface area contributed by atoms with Gasteiger partial charge >= 0.3 is 6.18 Å². The normalized spacial score (nSPS) is 12.4. The summed E-state index contributed by atoms with van der Waals surface area (Å²) in [6, 6.07) is 4.44. The zero-order valence-corrected chi connectivity index (χ0v) is 15.6. The highest BCUT2D eigenvalue weighted by molar-refractivity contribution is 5.74. The Bertz CT molecular complexity index is 1020. The van der Waals surface area contributed by atoms with Crippen LogP contribution in [0.2, 0.25) is 0 Å². The summed E-state index contributed by atoms with van der Waals surface area (Å²) in [6.45, 7) is 6.32. The second kappa shape index (κ2) is 7.17. The Labute approximate surface area is 158 Å². The molecule has 0 atom stereocenters. The van der Waals surface area contributed by atoms with Crippen molar-refractivity contribution in [3.05, 3.63) is 46.4 Å². The number of alkyl halides is 3. The van der Waals surface area contributed by atoms with Crippen LogP contribution in [0.15, 0.2) is 35.3 Å². The molecule has 0 radical (unpaired) electrons. The van der Waals surface area contributed by atoms with Crippen LogP contribution in [0.3, 0.4) is 0 Å². The molecule has 0 aliphatic heterocycles. The molecule has 0 saturated carbocycles. The number of nitrogens with one attached hydrogen (secondary N) is 2. The van der Waals surface area contributed by atoms with Crippen LogP contribution in [0.5, 0.6) is 5.75 Å². The molecule has 2 N–H and O–H groups in total. The number of H-pyrrole nitrogens is 1. The van der Waals surface area contributed by atoms with Crippen LogP contribution in [-0.4, -0.2) is 32.9 Å². The number of aromatic amines is 1. The van der Waals surface area contributed by atoms with E-state index in [-0.39, 0.29) is 23.7 Å². The van der Waals surface area contributed by atoms with Crippen LogP contribution < -0.4 is 15.6 Å². The Morgan fingerprint density at radius 2 is 1.86 bits per heavy atom. The van der Waals surface area contributed by atoms with E-state index in [9.17, 15) is 18.0 Å². The van der Waals surface area contributed by atoms with Crippen LogP contribution in [0.4, 0.5) is 19.1 Å². The van der Waals surface area contributed by atoms with E-state index in [0.29, 0.717) is 23.3 Å². The van der Waals surface area contributed by atoms with Crippen LogP contribution in [0.1, 0.15) is 26.3 Å². The molecule has 10 heteroatoms. The lowest BCUT2D eigenvalue weighted by Gasteiger charge is -2.19. The Kier molecular flexibility index (Phi) is 5.05. The molecule has 0 amide bonds. The topological polar surface area (TPSA) is 84.8 Å². The summed E-state index contributed by atoms with van der Waals surface area (Å²) < 4.78 is 44.7. The predicted molar refractivity (Wildman–Crippen MR) is 98.6 cm³/mol. The molecule has 0 unspecified atom stereocenters. The number of hydrogen-bond acceptors (Lipinski definition) is 5. The largest absolute Gasteiger partial charge is 0.492 e. The van der Waals surface area contributed by atoms with Crippen LogP contribution in [-0.2, 0) is 11.7 Å². The van der Waals surface area contributed by atoms with Crippen molar-refractivity contribution >= 4 is 17.0 Å². The first-order chi connectivity index (χ1) is 13.1. The molecule has 1 aromatic carbocycles. The Balaban J connectivity index is 1.63. The van der Waals surface area contributed by atoms with E-state index in [1.807, 2.05) is 20.8 Å². The lowest BCUT2D eigenvalue weighted by Crippen LogP contribution is -2.24. The fourth-order valence-electron chi connectivity index (χ4n) is 2.57. The van der Waals surface area contributed by atoms with Gasteiger partial charge in [-0.15, -0.1) is 0 Å². The number of benzene rings is 1. The number of rotatable bonds is 5. The molecular weight excluding hydrogens is 375 g/mol. The molecule has 2 heterocycles. The van der Waals surface area contributed by atoms with Gasteiger partial charge in [-0.2, -0.15) is 23.3 Å². The van der Waals surface area contributed by atoms with E-state index in [2.05, 4.69) is 20.4 Å².